The summed E-state index contributed by atoms with van der Waals surface area (Å²) < 4.78 is 6.79. The summed E-state index contributed by atoms with van der Waals surface area (Å²) in [7, 11) is 0. The number of aliphatic hydroxyl groups is 6. The van der Waals surface area contributed by atoms with E-state index in [4.69, 9.17) is 4.74 Å². The highest BCUT2D eigenvalue weighted by Crippen LogP contribution is 2.76. The van der Waals surface area contributed by atoms with Gasteiger partial charge in [0.2, 0.25) is 5.78 Å². The third-order valence-corrected chi connectivity index (χ3v) is 23.1. The van der Waals surface area contributed by atoms with Gasteiger partial charge < -0.3 is 35.4 Å². The van der Waals surface area contributed by atoms with Crippen LogP contribution in [0.3, 0.4) is 0 Å². The quantitative estimate of drug-likeness (QED) is 0.143. The number of carbonyl (C=O) groups is 5. The zero-order chi connectivity index (χ0) is 54.1. The van der Waals surface area contributed by atoms with Crippen molar-refractivity contribution in [3.63, 3.8) is 0 Å². The van der Waals surface area contributed by atoms with Gasteiger partial charge in [-0.25, -0.2) is 0 Å². The minimum absolute atomic E-state index is 0.0172. The van der Waals surface area contributed by atoms with E-state index in [-0.39, 0.29) is 100 Å². The molecule has 1 heterocycles. The molecule has 72 heavy (non-hydrogen) atoms. The summed E-state index contributed by atoms with van der Waals surface area (Å²) in [6.45, 7) is 31.3. The normalized spacial score (nSPS) is 47.0. The van der Waals surface area contributed by atoms with Crippen LogP contribution in [0, 0.1) is 84.2 Å². The monoisotopic (exact) mass is 1000 g/mol. The molecule has 12 nitrogen and oxygen atoms in total. The number of Topliss-reactive ketones (excluding diaryl/α,β-unsaturated/α-hetero) is 5. The van der Waals surface area contributed by atoms with Crippen LogP contribution in [0.1, 0.15) is 181 Å². The molecule has 1 saturated heterocycles. The van der Waals surface area contributed by atoms with Crippen molar-refractivity contribution >= 4 is 28.9 Å². The Labute approximate surface area is 429 Å². The third kappa shape index (κ3) is 7.55. The van der Waals surface area contributed by atoms with Crippen LogP contribution in [-0.4, -0.2) is 101 Å². The van der Waals surface area contributed by atoms with E-state index in [0.29, 0.717) is 38.5 Å². The van der Waals surface area contributed by atoms with Crippen molar-refractivity contribution in [3.8, 4) is 0 Å². The fourth-order valence-electron chi connectivity index (χ4n) is 18.3. The van der Waals surface area contributed by atoms with Crippen molar-refractivity contribution in [2.24, 2.45) is 84.2 Å². The van der Waals surface area contributed by atoms with Crippen molar-refractivity contribution in [1.82, 2.24) is 0 Å². The van der Waals surface area contributed by atoms with Crippen molar-refractivity contribution in [3.05, 3.63) is 35.1 Å². The second-order valence-corrected chi connectivity index (χ2v) is 29.3. The molecule has 6 N–H and O–H groups in total. The first-order valence-electron chi connectivity index (χ1n) is 27.3. The molecule has 6 fully saturated rings. The van der Waals surface area contributed by atoms with Crippen molar-refractivity contribution in [2.75, 3.05) is 0 Å². The second-order valence-electron chi connectivity index (χ2n) is 29.3. The largest absolute Gasteiger partial charge is 0.505 e. The average Bonchev–Trinajstić information content (AvgIpc) is 3.48. The first kappa shape index (κ1) is 55.4. The summed E-state index contributed by atoms with van der Waals surface area (Å²) in [6, 6.07) is 0. The minimum Gasteiger partial charge on any atom is -0.505 e. The number of ether oxygens (including phenoxy) is 1. The summed E-state index contributed by atoms with van der Waals surface area (Å²) >= 11 is 0. The van der Waals surface area contributed by atoms with Crippen molar-refractivity contribution in [2.45, 2.75) is 223 Å². The van der Waals surface area contributed by atoms with E-state index in [1.54, 1.807) is 27.7 Å². The molecule has 0 aromatic rings. The Morgan fingerprint density at radius 1 is 0.708 bits per heavy atom. The molecular formula is C60H90O12. The number of aliphatic hydroxyl groups excluding tert-OH is 4. The topological polar surface area (TPSA) is 216 Å². The van der Waals surface area contributed by atoms with Gasteiger partial charge in [-0.3, -0.25) is 24.0 Å². The SMILES string of the molecule is CC(C)(C)[C@@H]1CC(=O)C[C@H]2[C@H](C[C@@]3(C)[C@@H]4CC=C5[C@@H](C[C@@H](O)[C@@H](O)C5(C)C)[C@]4(C)C(=O)C[C@]23C)O1.CC(C)(O)CCC(=O)[C@](C)(O)[C@H]1[C@H](O)C[C@@]2(C)[C@@H]3CC=C4[C@@H](C=C(O)C(=O)C4(C)C)[C@]3(C)C(=O)C[C@]12C. The van der Waals surface area contributed by atoms with E-state index in [1.165, 1.54) is 13.0 Å². The van der Waals surface area contributed by atoms with Crippen LogP contribution >= 0.6 is 0 Å². The Bertz CT molecular complexity index is 2410. The fourth-order valence-corrected chi connectivity index (χ4v) is 18.3. The van der Waals surface area contributed by atoms with Gasteiger partial charge in [-0.1, -0.05) is 99.5 Å². The number of ketones is 5. The molecular weight excluding hydrogens is 913 g/mol. The highest BCUT2D eigenvalue weighted by atomic mass is 16.5. The minimum atomic E-state index is -1.88. The molecule has 18 atom stereocenters. The Hall–Kier alpha value is -2.87. The summed E-state index contributed by atoms with van der Waals surface area (Å²) in [5, 5.41) is 65.4. The molecule has 402 valence electrons. The van der Waals surface area contributed by atoms with Crippen molar-refractivity contribution in [1.29, 1.82) is 0 Å². The highest BCUT2D eigenvalue weighted by molar-refractivity contribution is 6.02. The van der Waals surface area contributed by atoms with Gasteiger partial charge in [0.05, 0.1) is 41.5 Å². The Kier molecular flexibility index (Phi) is 12.9. The van der Waals surface area contributed by atoms with Gasteiger partial charge in [-0.2, -0.15) is 0 Å². The van der Waals surface area contributed by atoms with E-state index < -0.39 is 79.6 Å². The molecule has 9 aliphatic rings. The molecule has 0 aromatic carbocycles. The number of fused-ring (bicyclic) bond motifs is 12. The van der Waals surface area contributed by atoms with E-state index >= 15 is 0 Å². The summed E-state index contributed by atoms with van der Waals surface area (Å²) in [6.07, 6.45) is 7.65. The van der Waals surface area contributed by atoms with Crippen LogP contribution in [0.2, 0.25) is 0 Å². The summed E-state index contributed by atoms with van der Waals surface area (Å²) in [5.41, 5.74) is -5.97. The van der Waals surface area contributed by atoms with Gasteiger partial charge in [0.15, 0.2) is 11.5 Å². The highest BCUT2D eigenvalue weighted by Gasteiger charge is 2.76. The van der Waals surface area contributed by atoms with E-state index in [9.17, 15) is 54.6 Å². The van der Waals surface area contributed by atoms with Gasteiger partial charge >= 0.3 is 0 Å². The standard InChI is InChI=1S/C30H44O7.C30H46O5/c1-25(2,36)12-11-21(33)30(8,37)23-19(32)14-27(5)20-10-9-16-17(13-18(31)24(35)26(16,3)4)29(20,7)22(34)15-28(23,27)6;1-26(2,3)24-12-16(31)11-19-21(35-24)14-29(7)22-10-9-17-18(13-20(32)25(34)27(17,4)5)30(22,8)23(33)15-28(19,29)6/h9,13,17,19-20,23,31-32,36-37H,10-12,14-15H2,1-8H3;9,18-22,24-25,32,34H,10-15H2,1-8H3/t17-,19-,20+,23+,27+,28-,29+,30+;18-,19+,20-,21+,22+,24+,25-,28-,29+,30+/m11/s1. The van der Waals surface area contributed by atoms with Crippen LogP contribution in [0.15, 0.2) is 35.1 Å². The molecule has 0 unspecified atom stereocenters. The average molecular weight is 1000 g/mol. The fraction of sp³-hybridized carbons (Fsp3) is 0.817. The molecule has 0 radical (unpaired) electrons. The van der Waals surface area contributed by atoms with Crippen LogP contribution in [0.4, 0.5) is 0 Å². The molecule has 8 aliphatic carbocycles. The maximum Gasteiger partial charge on any atom is 0.206 e. The lowest BCUT2D eigenvalue weighted by Gasteiger charge is -2.64. The van der Waals surface area contributed by atoms with Gasteiger partial charge in [0.25, 0.3) is 0 Å². The Balaban J connectivity index is 0.000000193. The smallest absolute Gasteiger partial charge is 0.206 e. The number of carbonyl (C=O) groups excluding carboxylic acids is 5. The molecule has 0 bridgehead atoms. The first-order chi connectivity index (χ1) is 32.6. The van der Waals surface area contributed by atoms with Crippen LogP contribution in [0.25, 0.3) is 0 Å². The van der Waals surface area contributed by atoms with Crippen LogP contribution < -0.4 is 0 Å². The molecule has 0 aromatic heterocycles. The zero-order valence-corrected chi connectivity index (χ0v) is 46.5. The van der Waals surface area contributed by atoms with Gasteiger partial charge in [0.1, 0.15) is 23.0 Å². The van der Waals surface area contributed by atoms with Crippen LogP contribution in [-0.2, 0) is 28.7 Å². The predicted molar refractivity (Wildman–Crippen MR) is 273 cm³/mol. The van der Waals surface area contributed by atoms with Gasteiger partial charge in [0, 0.05) is 60.2 Å². The summed E-state index contributed by atoms with van der Waals surface area (Å²) in [4.78, 5) is 67.6. The molecule has 9 rings (SSSR count). The maximum absolute atomic E-state index is 14.3. The lowest BCUT2D eigenvalue weighted by molar-refractivity contribution is -0.181. The lowest BCUT2D eigenvalue weighted by Crippen LogP contribution is -2.64. The van der Waals surface area contributed by atoms with Crippen LogP contribution in [0.5, 0.6) is 0 Å². The van der Waals surface area contributed by atoms with Crippen molar-refractivity contribution < 1.29 is 59.3 Å². The Morgan fingerprint density at radius 2 is 1.25 bits per heavy atom. The summed E-state index contributed by atoms with van der Waals surface area (Å²) in [5.74, 6) is -2.05. The lowest BCUT2D eigenvalue weighted by atomic mass is 9.38. The second kappa shape index (κ2) is 16.8. The number of hydrogen-bond acceptors (Lipinski definition) is 12. The number of hydrogen-bond donors (Lipinski definition) is 6. The Morgan fingerprint density at radius 3 is 1.83 bits per heavy atom. The molecule has 12 heteroatoms. The number of rotatable bonds is 5. The molecule has 0 amide bonds. The number of allylic oxidation sites excluding steroid dienone is 5. The molecule has 1 aliphatic heterocycles. The van der Waals surface area contributed by atoms with E-state index in [1.807, 2.05) is 33.8 Å². The van der Waals surface area contributed by atoms with Gasteiger partial charge in [-0.05, 0) is 130 Å². The van der Waals surface area contributed by atoms with Gasteiger partial charge in [-0.15, -0.1) is 0 Å². The van der Waals surface area contributed by atoms with E-state index in [2.05, 4.69) is 54.5 Å². The maximum atomic E-state index is 14.3. The molecule has 5 saturated carbocycles. The zero-order valence-electron chi connectivity index (χ0n) is 46.5. The van der Waals surface area contributed by atoms with E-state index in [0.717, 1.165) is 24.0 Å². The first-order valence-corrected chi connectivity index (χ1v) is 27.3. The molecule has 0 spiro atoms. The predicted octanol–water partition coefficient (Wildman–Crippen LogP) is 8.72. The third-order valence-electron chi connectivity index (χ3n) is 23.1.